The molecule has 1 N–H and O–H groups in total. The predicted octanol–water partition coefficient (Wildman–Crippen LogP) is 3.15. The molecule has 2 heterocycles. The fraction of sp³-hybridized carbons (Fsp3) is 0.778. The largest absolute Gasteiger partial charge is 0.342 e. The molecular formula is C18H27N3OS. The van der Waals surface area contributed by atoms with E-state index in [1.54, 1.807) is 0 Å². The maximum atomic E-state index is 12.3. The topological polar surface area (TPSA) is 45.2 Å². The summed E-state index contributed by atoms with van der Waals surface area (Å²) >= 11 is 1.82. The summed E-state index contributed by atoms with van der Waals surface area (Å²) in [5.41, 5.74) is 1.20. The molecule has 1 amide bonds. The molecule has 2 atom stereocenters. The monoisotopic (exact) mass is 333 g/mol. The average molecular weight is 334 g/mol. The van der Waals surface area contributed by atoms with E-state index in [1.807, 2.05) is 11.3 Å². The molecule has 0 spiro atoms. The minimum atomic E-state index is 0.355. The Labute approximate surface area is 142 Å². The van der Waals surface area contributed by atoms with E-state index in [0.29, 0.717) is 23.8 Å². The highest BCUT2D eigenvalue weighted by Crippen LogP contribution is 2.41. The molecule has 4 rings (SSSR count). The van der Waals surface area contributed by atoms with Crippen LogP contribution in [0.15, 0.2) is 5.38 Å². The first-order chi connectivity index (χ1) is 11.2. The Morgan fingerprint density at radius 3 is 2.87 bits per heavy atom. The maximum absolute atomic E-state index is 12.3. The molecule has 2 unspecified atom stereocenters. The Bertz CT molecular complexity index is 564. The van der Waals surface area contributed by atoms with E-state index < -0.39 is 0 Å². The highest BCUT2D eigenvalue weighted by atomic mass is 32.1. The zero-order valence-corrected chi connectivity index (χ0v) is 14.8. The first kappa shape index (κ1) is 15.6. The molecule has 126 valence electrons. The Balaban J connectivity index is 1.30. The van der Waals surface area contributed by atoms with Gasteiger partial charge >= 0.3 is 0 Å². The molecule has 1 aliphatic heterocycles. The Morgan fingerprint density at radius 1 is 1.35 bits per heavy atom. The van der Waals surface area contributed by atoms with Crippen LogP contribution in [0.25, 0.3) is 0 Å². The van der Waals surface area contributed by atoms with E-state index >= 15 is 0 Å². The van der Waals surface area contributed by atoms with Crippen molar-refractivity contribution in [1.29, 1.82) is 0 Å². The van der Waals surface area contributed by atoms with Crippen LogP contribution in [-0.2, 0) is 11.3 Å². The summed E-state index contributed by atoms with van der Waals surface area (Å²) in [5.74, 6) is 2.10. The number of carbonyl (C=O) groups excluding carboxylic acids is 1. The number of rotatable bonds is 6. The molecule has 2 aliphatic carbocycles. The molecule has 0 bridgehead atoms. The van der Waals surface area contributed by atoms with Crippen molar-refractivity contribution in [2.24, 2.45) is 11.8 Å². The number of amides is 1. The predicted molar refractivity (Wildman–Crippen MR) is 92.4 cm³/mol. The first-order valence-electron chi connectivity index (χ1n) is 9.21. The third kappa shape index (κ3) is 3.61. The van der Waals surface area contributed by atoms with Crippen LogP contribution in [0.5, 0.6) is 0 Å². The van der Waals surface area contributed by atoms with Crippen molar-refractivity contribution in [1.82, 2.24) is 15.2 Å². The van der Waals surface area contributed by atoms with Crippen LogP contribution in [0, 0.1) is 11.8 Å². The lowest BCUT2D eigenvalue weighted by Gasteiger charge is -2.39. The number of carbonyl (C=O) groups is 1. The van der Waals surface area contributed by atoms with Gasteiger partial charge in [0.15, 0.2) is 0 Å². The molecule has 1 aromatic heterocycles. The Kier molecular flexibility index (Phi) is 4.41. The van der Waals surface area contributed by atoms with Gasteiger partial charge in [0, 0.05) is 42.9 Å². The second kappa shape index (κ2) is 6.52. The van der Waals surface area contributed by atoms with Crippen molar-refractivity contribution in [2.45, 2.75) is 64.0 Å². The molecule has 23 heavy (non-hydrogen) atoms. The highest BCUT2D eigenvalue weighted by Gasteiger charge is 2.37. The molecule has 5 heteroatoms. The van der Waals surface area contributed by atoms with Crippen LogP contribution in [0.4, 0.5) is 0 Å². The number of nitrogens with one attached hydrogen (secondary N) is 1. The van der Waals surface area contributed by atoms with Gasteiger partial charge in [0.05, 0.1) is 10.7 Å². The normalized spacial score (nSPS) is 28.1. The van der Waals surface area contributed by atoms with Crippen molar-refractivity contribution < 1.29 is 4.79 Å². The number of thiazole rings is 1. The van der Waals surface area contributed by atoms with Gasteiger partial charge in [-0.1, -0.05) is 13.3 Å². The second-order valence-electron chi connectivity index (χ2n) is 7.45. The highest BCUT2D eigenvalue weighted by molar-refractivity contribution is 7.09. The van der Waals surface area contributed by atoms with Gasteiger partial charge in [-0.2, -0.15) is 0 Å². The van der Waals surface area contributed by atoms with Gasteiger partial charge in [-0.05, 0) is 38.0 Å². The third-order valence-electron chi connectivity index (χ3n) is 5.54. The Hall–Kier alpha value is -0.940. The molecule has 1 saturated heterocycles. The summed E-state index contributed by atoms with van der Waals surface area (Å²) < 4.78 is 0. The SMILES string of the molecule is CCC1CN(C(=O)C2CC2)CCC1NCc1csc(C2CC2)n1. The van der Waals surface area contributed by atoms with E-state index in [9.17, 15) is 4.79 Å². The average Bonchev–Trinajstić information content (AvgIpc) is 3.50. The van der Waals surface area contributed by atoms with Gasteiger partial charge in [-0.25, -0.2) is 4.98 Å². The van der Waals surface area contributed by atoms with Crippen LogP contribution in [0.1, 0.15) is 62.1 Å². The van der Waals surface area contributed by atoms with Gasteiger partial charge < -0.3 is 10.2 Å². The summed E-state index contributed by atoms with van der Waals surface area (Å²) in [6.45, 7) is 4.99. The number of nitrogens with zero attached hydrogens (tertiary/aromatic N) is 2. The lowest BCUT2D eigenvalue weighted by atomic mass is 9.89. The summed E-state index contributed by atoms with van der Waals surface area (Å²) in [4.78, 5) is 19.2. The van der Waals surface area contributed by atoms with Gasteiger partial charge in [0.2, 0.25) is 5.91 Å². The molecule has 3 aliphatic rings. The van der Waals surface area contributed by atoms with Crippen LogP contribution in [0.3, 0.4) is 0 Å². The number of hydrogen-bond acceptors (Lipinski definition) is 4. The minimum Gasteiger partial charge on any atom is -0.342 e. The van der Waals surface area contributed by atoms with Crippen molar-refractivity contribution in [3.05, 3.63) is 16.1 Å². The first-order valence-corrected chi connectivity index (χ1v) is 10.1. The number of aromatic nitrogens is 1. The quantitative estimate of drug-likeness (QED) is 0.870. The van der Waals surface area contributed by atoms with Crippen LogP contribution in [0.2, 0.25) is 0 Å². The third-order valence-corrected chi connectivity index (χ3v) is 6.59. The van der Waals surface area contributed by atoms with E-state index in [1.165, 1.54) is 23.5 Å². The van der Waals surface area contributed by atoms with E-state index in [0.717, 1.165) is 51.2 Å². The second-order valence-corrected chi connectivity index (χ2v) is 8.34. The van der Waals surface area contributed by atoms with Crippen molar-refractivity contribution >= 4 is 17.2 Å². The van der Waals surface area contributed by atoms with E-state index in [4.69, 9.17) is 4.98 Å². The summed E-state index contributed by atoms with van der Waals surface area (Å²) in [7, 11) is 0. The van der Waals surface area contributed by atoms with Crippen LogP contribution < -0.4 is 5.32 Å². The molecular weight excluding hydrogens is 306 g/mol. The molecule has 0 aromatic carbocycles. The van der Waals surface area contributed by atoms with E-state index in [2.05, 4.69) is 22.5 Å². The zero-order valence-electron chi connectivity index (χ0n) is 14.0. The van der Waals surface area contributed by atoms with Gasteiger partial charge in [0.25, 0.3) is 0 Å². The fourth-order valence-corrected chi connectivity index (χ4v) is 4.65. The fourth-order valence-electron chi connectivity index (χ4n) is 3.66. The smallest absolute Gasteiger partial charge is 0.225 e. The summed E-state index contributed by atoms with van der Waals surface area (Å²) in [6.07, 6.45) is 7.09. The molecule has 4 nitrogen and oxygen atoms in total. The van der Waals surface area contributed by atoms with Gasteiger partial charge in [0.1, 0.15) is 0 Å². The molecule has 1 aromatic rings. The number of piperidine rings is 1. The number of hydrogen-bond donors (Lipinski definition) is 1. The van der Waals surface area contributed by atoms with Gasteiger partial charge in [-0.3, -0.25) is 4.79 Å². The Morgan fingerprint density at radius 2 is 2.17 bits per heavy atom. The zero-order chi connectivity index (χ0) is 15.8. The van der Waals surface area contributed by atoms with Crippen LogP contribution in [-0.4, -0.2) is 34.9 Å². The molecule has 3 fully saturated rings. The lowest BCUT2D eigenvalue weighted by molar-refractivity contribution is -0.134. The van der Waals surface area contributed by atoms with E-state index in [-0.39, 0.29) is 0 Å². The van der Waals surface area contributed by atoms with Gasteiger partial charge in [-0.15, -0.1) is 11.3 Å². The molecule has 0 radical (unpaired) electrons. The summed E-state index contributed by atoms with van der Waals surface area (Å²) in [5, 5.41) is 7.27. The standard InChI is InChI=1S/C18H27N3OS/c1-2-12-10-21(18(22)14-5-6-14)8-7-16(12)19-9-15-11-23-17(20-15)13-3-4-13/h11-14,16,19H,2-10H2,1H3. The lowest BCUT2D eigenvalue weighted by Crippen LogP contribution is -2.51. The molecule has 2 saturated carbocycles. The van der Waals surface area contributed by atoms with Crippen molar-refractivity contribution in [3.8, 4) is 0 Å². The summed E-state index contributed by atoms with van der Waals surface area (Å²) in [6, 6.07) is 0.523. The maximum Gasteiger partial charge on any atom is 0.225 e. The van der Waals surface area contributed by atoms with Crippen molar-refractivity contribution in [2.75, 3.05) is 13.1 Å². The van der Waals surface area contributed by atoms with Crippen LogP contribution >= 0.6 is 11.3 Å². The number of likely N-dealkylation sites (tertiary alicyclic amines) is 1. The minimum absolute atomic E-state index is 0.355. The van der Waals surface area contributed by atoms with Crippen molar-refractivity contribution in [3.63, 3.8) is 0 Å².